The first-order valence-electron chi connectivity index (χ1n) is 8.87. The predicted octanol–water partition coefficient (Wildman–Crippen LogP) is 0.882. The van der Waals surface area contributed by atoms with Gasteiger partial charge in [0, 0.05) is 33.1 Å². The van der Waals surface area contributed by atoms with Gasteiger partial charge >= 0.3 is 5.69 Å². The second kappa shape index (κ2) is 6.26. The Labute approximate surface area is 154 Å². The number of fused-ring (bicyclic) bond motifs is 1. The number of hydrogen-bond donors (Lipinski definition) is 1. The molecule has 0 saturated carbocycles. The number of nitrogens with one attached hydrogen (secondary N) is 1. The summed E-state index contributed by atoms with van der Waals surface area (Å²) in [5.41, 5.74) is 0.401. The minimum absolute atomic E-state index is 0.0258. The minimum Gasteiger partial charge on any atom is -0.469 e. The van der Waals surface area contributed by atoms with Gasteiger partial charge in [-0.3, -0.25) is 18.7 Å². The Kier molecular flexibility index (Phi) is 4.01. The number of nitrogens with zero attached hydrogens (tertiary/aromatic N) is 4. The van der Waals surface area contributed by atoms with Gasteiger partial charge in [-0.25, -0.2) is 9.78 Å². The van der Waals surface area contributed by atoms with Crippen molar-refractivity contribution in [3.63, 3.8) is 0 Å². The monoisotopic (exact) mass is 371 g/mol. The first kappa shape index (κ1) is 17.3. The number of furan rings is 1. The van der Waals surface area contributed by atoms with Crippen LogP contribution in [0, 0.1) is 6.92 Å². The molecule has 0 aliphatic carbocycles. The van der Waals surface area contributed by atoms with E-state index in [4.69, 9.17) is 4.42 Å². The van der Waals surface area contributed by atoms with Crippen molar-refractivity contribution in [2.24, 2.45) is 14.1 Å². The maximum atomic E-state index is 12.8. The number of piperidine rings is 1. The zero-order chi connectivity index (χ0) is 19.3. The number of aromatic amines is 1. The first-order chi connectivity index (χ1) is 12.9. The molecule has 9 nitrogen and oxygen atoms in total. The van der Waals surface area contributed by atoms with Crippen molar-refractivity contribution in [2.75, 3.05) is 13.1 Å². The summed E-state index contributed by atoms with van der Waals surface area (Å²) in [5.74, 6) is 1.14. The number of hydrogen-bond acceptors (Lipinski definition) is 5. The molecule has 1 N–H and O–H groups in total. The highest BCUT2D eigenvalue weighted by Gasteiger charge is 2.29. The molecular weight excluding hydrogens is 350 g/mol. The number of rotatable bonds is 2. The molecule has 1 aliphatic rings. The molecule has 0 aromatic carbocycles. The average Bonchev–Trinajstić information content (AvgIpc) is 3.31. The molecule has 1 amide bonds. The third-order valence-corrected chi connectivity index (χ3v) is 5.30. The summed E-state index contributed by atoms with van der Waals surface area (Å²) in [6.07, 6.45) is 3.20. The Morgan fingerprint density at radius 2 is 2.07 bits per heavy atom. The van der Waals surface area contributed by atoms with E-state index in [1.807, 2.05) is 0 Å². The standard InChI is InChI=1S/C18H21N5O4/c1-10-12(6-8-27-10)16(24)23-7-4-5-11(9-23)14-19-13-15(20-14)21(2)18(26)22(3)17(13)25/h6,8,11H,4-5,7,9H2,1-3H3,(H,19,20). The van der Waals surface area contributed by atoms with Crippen LogP contribution < -0.4 is 11.2 Å². The molecule has 1 atom stereocenters. The predicted molar refractivity (Wildman–Crippen MR) is 97.9 cm³/mol. The number of H-pyrrole nitrogens is 1. The molecule has 1 aliphatic heterocycles. The van der Waals surface area contributed by atoms with Crippen molar-refractivity contribution in [3.05, 3.63) is 50.3 Å². The Balaban J connectivity index is 1.68. The molecule has 3 aromatic heterocycles. The van der Waals surface area contributed by atoms with E-state index < -0.39 is 11.2 Å². The second-order valence-corrected chi connectivity index (χ2v) is 7.01. The number of carbonyl (C=O) groups excluding carboxylic acids is 1. The number of aromatic nitrogens is 4. The molecule has 4 rings (SSSR count). The molecule has 0 bridgehead atoms. The molecular formula is C18H21N5O4. The lowest BCUT2D eigenvalue weighted by molar-refractivity contribution is 0.0703. The van der Waals surface area contributed by atoms with Crippen LogP contribution in [0.3, 0.4) is 0 Å². The van der Waals surface area contributed by atoms with E-state index in [1.54, 1.807) is 24.9 Å². The van der Waals surface area contributed by atoms with Crippen LogP contribution in [-0.2, 0) is 14.1 Å². The van der Waals surface area contributed by atoms with Gasteiger partial charge in [-0.2, -0.15) is 0 Å². The van der Waals surface area contributed by atoms with Crippen molar-refractivity contribution in [1.29, 1.82) is 0 Å². The van der Waals surface area contributed by atoms with E-state index in [9.17, 15) is 14.4 Å². The zero-order valence-electron chi connectivity index (χ0n) is 15.5. The highest BCUT2D eigenvalue weighted by Crippen LogP contribution is 2.27. The van der Waals surface area contributed by atoms with Gasteiger partial charge in [0.25, 0.3) is 11.5 Å². The number of aryl methyl sites for hydroxylation is 2. The largest absolute Gasteiger partial charge is 0.469 e. The average molecular weight is 371 g/mol. The molecule has 1 fully saturated rings. The molecule has 3 aromatic rings. The maximum Gasteiger partial charge on any atom is 0.332 e. The van der Waals surface area contributed by atoms with Crippen molar-refractivity contribution in [3.8, 4) is 0 Å². The first-order valence-corrected chi connectivity index (χ1v) is 8.87. The van der Waals surface area contributed by atoms with E-state index in [1.165, 1.54) is 17.9 Å². The molecule has 0 radical (unpaired) electrons. The fourth-order valence-corrected chi connectivity index (χ4v) is 3.70. The van der Waals surface area contributed by atoms with E-state index in [2.05, 4.69) is 9.97 Å². The molecule has 4 heterocycles. The van der Waals surface area contributed by atoms with Gasteiger partial charge in [0.1, 0.15) is 17.1 Å². The lowest BCUT2D eigenvalue weighted by atomic mass is 9.97. The van der Waals surface area contributed by atoms with Crippen LogP contribution in [-0.4, -0.2) is 43.0 Å². The smallest absolute Gasteiger partial charge is 0.332 e. The van der Waals surface area contributed by atoms with Gasteiger partial charge in [0.2, 0.25) is 0 Å². The number of imidazole rings is 1. The molecule has 1 saturated heterocycles. The van der Waals surface area contributed by atoms with Crippen molar-refractivity contribution in [1.82, 2.24) is 24.0 Å². The third-order valence-electron chi connectivity index (χ3n) is 5.30. The summed E-state index contributed by atoms with van der Waals surface area (Å²) in [6, 6.07) is 1.68. The summed E-state index contributed by atoms with van der Waals surface area (Å²) in [4.78, 5) is 46.6. The Hall–Kier alpha value is -3.10. The Bertz CT molecular complexity index is 1150. The topological polar surface area (TPSA) is 106 Å². The van der Waals surface area contributed by atoms with Crippen LogP contribution in [0.4, 0.5) is 0 Å². The van der Waals surface area contributed by atoms with Crippen molar-refractivity contribution >= 4 is 17.1 Å². The summed E-state index contributed by atoms with van der Waals surface area (Å²) < 4.78 is 7.66. The van der Waals surface area contributed by atoms with E-state index in [0.717, 1.165) is 17.4 Å². The van der Waals surface area contributed by atoms with Crippen LogP contribution in [0.5, 0.6) is 0 Å². The fourth-order valence-electron chi connectivity index (χ4n) is 3.70. The lowest BCUT2D eigenvalue weighted by Gasteiger charge is -2.31. The van der Waals surface area contributed by atoms with Crippen LogP contribution in [0.2, 0.25) is 0 Å². The van der Waals surface area contributed by atoms with Crippen molar-refractivity contribution < 1.29 is 9.21 Å². The van der Waals surface area contributed by atoms with Crippen LogP contribution in [0.25, 0.3) is 11.2 Å². The summed E-state index contributed by atoms with van der Waals surface area (Å²) in [7, 11) is 3.03. The van der Waals surface area contributed by atoms with E-state index >= 15 is 0 Å². The summed E-state index contributed by atoms with van der Waals surface area (Å²) in [6.45, 7) is 2.93. The van der Waals surface area contributed by atoms with Gasteiger partial charge < -0.3 is 14.3 Å². The van der Waals surface area contributed by atoms with E-state index in [-0.39, 0.29) is 11.8 Å². The quantitative estimate of drug-likeness (QED) is 0.720. The van der Waals surface area contributed by atoms with Gasteiger partial charge in [-0.05, 0) is 25.8 Å². The van der Waals surface area contributed by atoms with Gasteiger partial charge in [-0.15, -0.1) is 0 Å². The van der Waals surface area contributed by atoms with Crippen molar-refractivity contribution in [2.45, 2.75) is 25.7 Å². The third kappa shape index (κ3) is 2.70. The normalized spacial score (nSPS) is 17.6. The number of likely N-dealkylation sites (tertiary alicyclic amines) is 1. The van der Waals surface area contributed by atoms with E-state index in [0.29, 0.717) is 41.4 Å². The lowest BCUT2D eigenvalue weighted by Crippen LogP contribution is -2.39. The van der Waals surface area contributed by atoms with Crippen LogP contribution in [0.15, 0.2) is 26.3 Å². The minimum atomic E-state index is -0.415. The molecule has 0 spiro atoms. The highest BCUT2D eigenvalue weighted by atomic mass is 16.3. The highest BCUT2D eigenvalue weighted by molar-refractivity contribution is 5.95. The number of carbonyl (C=O) groups is 1. The SMILES string of the molecule is Cc1occc1C(=O)N1CCCC(c2nc3c([nH]2)c(=O)n(C)c(=O)n3C)C1. The molecule has 9 heteroatoms. The fraction of sp³-hybridized carbons (Fsp3) is 0.444. The molecule has 142 valence electrons. The second-order valence-electron chi connectivity index (χ2n) is 7.01. The summed E-state index contributed by atoms with van der Waals surface area (Å²) >= 11 is 0. The molecule has 1 unspecified atom stereocenters. The maximum absolute atomic E-state index is 12.8. The van der Waals surface area contributed by atoms with Gasteiger partial charge in [0.15, 0.2) is 5.65 Å². The van der Waals surface area contributed by atoms with Crippen LogP contribution in [0.1, 0.15) is 40.7 Å². The number of amides is 1. The molecule has 27 heavy (non-hydrogen) atoms. The summed E-state index contributed by atoms with van der Waals surface area (Å²) in [5, 5.41) is 0. The Morgan fingerprint density at radius 3 is 2.78 bits per heavy atom. The Morgan fingerprint density at radius 1 is 1.30 bits per heavy atom. The van der Waals surface area contributed by atoms with Gasteiger partial charge in [-0.1, -0.05) is 0 Å². The zero-order valence-corrected chi connectivity index (χ0v) is 15.5. The van der Waals surface area contributed by atoms with Gasteiger partial charge in [0.05, 0.1) is 11.8 Å². The van der Waals surface area contributed by atoms with Crippen LogP contribution >= 0.6 is 0 Å².